The van der Waals surface area contributed by atoms with Crippen molar-refractivity contribution < 1.29 is 22.7 Å². The third-order valence-electron chi connectivity index (χ3n) is 1.39. The van der Waals surface area contributed by atoms with Crippen LogP contribution in [0.2, 0.25) is 0 Å². The summed E-state index contributed by atoms with van der Waals surface area (Å²) in [5.41, 5.74) is 4.76. The molecule has 0 unspecified atom stereocenters. The first-order valence-corrected chi connectivity index (χ1v) is 3.85. The molecule has 2 N–H and O–H groups in total. The summed E-state index contributed by atoms with van der Waals surface area (Å²) in [6, 6.07) is -1.95. The number of ether oxygens (including phenoxy) is 1. The summed E-state index contributed by atoms with van der Waals surface area (Å²) in [5.74, 6) is -0.651. The highest BCUT2D eigenvalue weighted by atomic mass is 19.4. The zero-order chi connectivity index (χ0) is 10.5. The topological polar surface area (TPSA) is 52.3 Å². The summed E-state index contributed by atoms with van der Waals surface area (Å²) in [6.45, 7) is 1.75. The average molecular weight is 199 g/mol. The van der Waals surface area contributed by atoms with E-state index in [9.17, 15) is 18.0 Å². The van der Waals surface area contributed by atoms with Gasteiger partial charge in [-0.25, -0.2) is 0 Å². The van der Waals surface area contributed by atoms with E-state index in [0.29, 0.717) is 0 Å². The Kier molecular flexibility index (Phi) is 4.76. The van der Waals surface area contributed by atoms with Crippen LogP contribution in [0.25, 0.3) is 0 Å². The lowest BCUT2D eigenvalue weighted by molar-refractivity contribution is -0.153. The molecular weight excluding hydrogens is 187 g/mol. The van der Waals surface area contributed by atoms with E-state index >= 15 is 0 Å². The zero-order valence-electron chi connectivity index (χ0n) is 7.23. The van der Waals surface area contributed by atoms with Gasteiger partial charge in [0.05, 0.1) is 6.61 Å². The highest BCUT2D eigenvalue weighted by Gasteiger charge is 2.36. The Hall–Kier alpha value is -0.780. The van der Waals surface area contributed by atoms with Crippen molar-refractivity contribution in [2.75, 3.05) is 6.61 Å². The number of esters is 1. The van der Waals surface area contributed by atoms with Gasteiger partial charge in [0.25, 0.3) is 0 Å². The highest BCUT2D eigenvalue weighted by molar-refractivity contribution is 5.69. The van der Waals surface area contributed by atoms with Gasteiger partial charge in [-0.3, -0.25) is 4.79 Å². The lowest BCUT2D eigenvalue weighted by Gasteiger charge is -2.14. The molecule has 0 saturated carbocycles. The number of nitrogens with two attached hydrogens (primary N) is 1. The molecule has 6 heteroatoms. The van der Waals surface area contributed by atoms with Gasteiger partial charge in [-0.2, -0.15) is 13.2 Å². The number of alkyl halides is 3. The highest BCUT2D eigenvalue weighted by Crippen LogP contribution is 2.21. The van der Waals surface area contributed by atoms with E-state index in [4.69, 9.17) is 5.73 Å². The van der Waals surface area contributed by atoms with Crippen LogP contribution >= 0.6 is 0 Å². The second-order valence-electron chi connectivity index (χ2n) is 2.49. The molecule has 0 rings (SSSR count). The Labute approximate surface area is 74.0 Å². The molecule has 0 aliphatic carbocycles. The molecule has 13 heavy (non-hydrogen) atoms. The fraction of sp³-hybridized carbons (Fsp3) is 0.857. The first kappa shape index (κ1) is 12.2. The van der Waals surface area contributed by atoms with Crippen LogP contribution < -0.4 is 5.73 Å². The third kappa shape index (κ3) is 5.46. The zero-order valence-corrected chi connectivity index (χ0v) is 7.23. The van der Waals surface area contributed by atoms with Gasteiger partial charge in [0.1, 0.15) is 6.04 Å². The minimum absolute atomic E-state index is 0.167. The molecule has 0 saturated heterocycles. The van der Waals surface area contributed by atoms with Crippen LogP contribution in [0.1, 0.15) is 19.8 Å². The predicted octanol–water partition coefficient (Wildman–Crippen LogP) is 1.22. The standard InChI is InChI=1S/C7H12F3NO2/c1-2-13-6(12)4-3-5(11)7(8,9)10/h5H,2-4,11H2,1H3/t5-/m1/s1. The van der Waals surface area contributed by atoms with Crippen LogP contribution in [0.5, 0.6) is 0 Å². The molecule has 0 aliphatic rings. The van der Waals surface area contributed by atoms with Gasteiger partial charge in [0.15, 0.2) is 0 Å². The second kappa shape index (κ2) is 5.06. The Morgan fingerprint density at radius 3 is 2.46 bits per heavy atom. The lowest BCUT2D eigenvalue weighted by Crippen LogP contribution is -2.37. The predicted molar refractivity (Wildman–Crippen MR) is 39.9 cm³/mol. The summed E-state index contributed by atoms with van der Waals surface area (Å²) >= 11 is 0. The second-order valence-corrected chi connectivity index (χ2v) is 2.49. The van der Waals surface area contributed by atoms with E-state index in [0.717, 1.165) is 0 Å². The van der Waals surface area contributed by atoms with Crippen molar-refractivity contribution in [1.82, 2.24) is 0 Å². The third-order valence-corrected chi connectivity index (χ3v) is 1.39. The summed E-state index contributed by atoms with van der Waals surface area (Å²) in [4.78, 5) is 10.6. The van der Waals surface area contributed by atoms with E-state index in [-0.39, 0.29) is 13.0 Å². The number of carbonyl (C=O) groups excluding carboxylic acids is 1. The molecule has 0 radical (unpaired) electrons. The maximum absolute atomic E-state index is 11.8. The number of hydrogen-bond acceptors (Lipinski definition) is 3. The van der Waals surface area contributed by atoms with Crippen LogP contribution in [-0.4, -0.2) is 24.8 Å². The van der Waals surface area contributed by atoms with Crippen LogP contribution in [0.3, 0.4) is 0 Å². The monoisotopic (exact) mass is 199 g/mol. The quantitative estimate of drug-likeness (QED) is 0.692. The van der Waals surface area contributed by atoms with Crippen molar-refractivity contribution in [3.05, 3.63) is 0 Å². The fourth-order valence-corrected chi connectivity index (χ4v) is 0.670. The van der Waals surface area contributed by atoms with E-state index in [1.807, 2.05) is 0 Å². The van der Waals surface area contributed by atoms with Gasteiger partial charge in [-0.05, 0) is 13.3 Å². The Balaban J connectivity index is 3.70. The van der Waals surface area contributed by atoms with Gasteiger partial charge < -0.3 is 10.5 Å². The van der Waals surface area contributed by atoms with E-state index in [1.54, 1.807) is 6.92 Å². The van der Waals surface area contributed by atoms with Crippen molar-refractivity contribution in [2.24, 2.45) is 5.73 Å². The Morgan fingerprint density at radius 1 is 1.54 bits per heavy atom. The minimum Gasteiger partial charge on any atom is -0.466 e. The largest absolute Gasteiger partial charge is 0.466 e. The fourth-order valence-electron chi connectivity index (χ4n) is 0.670. The molecule has 78 valence electrons. The molecule has 3 nitrogen and oxygen atoms in total. The van der Waals surface area contributed by atoms with Gasteiger partial charge in [-0.1, -0.05) is 0 Å². The van der Waals surface area contributed by atoms with Gasteiger partial charge in [0, 0.05) is 6.42 Å². The molecule has 0 amide bonds. The lowest BCUT2D eigenvalue weighted by atomic mass is 10.1. The van der Waals surface area contributed by atoms with E-state index in [2.05, 4.69) is 4.74 Å². The number of hydrogen-bond donors (Lipinski definition) is 1. The van der Waals surface area contributed by atoms with Gasteiger partial charge in [0.2, 0.25) is 0 Å². The van der Waals surface area contributed by atoms with Crippen LogP contribution in [0, 0.1) is 0 Å². The molecule has 1 atom stereocenters. The molecule has 0 heterocycles. The minimum atomic E-state index is -4.44. The molecular formula is C7H12F3NO2. The molecule has 0 bridgehead atoms. The number of rotatable bonds is 4. The molecule has 0 aromatic rings. The van der Waals surface area contributed by atoms with Crippen LogP contribution in [0.4, 0.5) is 13.2 Å². The molecule has 0 fully saturated rings. The molecule has 0 spiro atoms. The van der Waals surface area contributed by atoms with Crippen molar-refractivity contribution in [3.8, 4) is 0 Å². The first-order chi connectivity index (χ1) is 5.88. The van der Waals surface area contributed by atoms with Crippen LogP contribution in [-0.2, 0) is 9.53 Å². The van der Waals surface area contributed by atoms with Crippen LogP contribution in [0.15, 0.2) is 0 Å². The Bertz CT molecular complexity index is 170. The summed E-state index contributed by atoms with van der Waals surface area (Å²) < 4.78 is 39.9. The maximum Gasteiger partial charge on any atom is 0.403 e. The molecule has 0 aliphatic heterocycles. The van der Waals surface area contributed by atoms with Crippen molar-refractivity contribution in [1.29, 1.82) is 0 Å². The summed E-state index contributed by atoms with van der Waals surface area (Å²) in [7, 11) is 0. The van der Waals surface area contributed by atoms with Gasteiger partial charge in [-0.15, -0.1) is 0 Å². The van der Waals surface area contributed by atoms with Crippen molar-refractivity contribution in [2.45, 2.75) is 32.0 Å². The SMILES string of the molecule is CCOC(=O)CC[C@@H](N)C(F)(F)F. The average Bonchev–Trinajstić information content (AvgIpc) is 1.99. The molecule has 0 aromatic heterocycles. The van der Waals surface area contributed by atoms with E-state index < -0.39 is 24.6 Å². The Morgan fingerprint density at radius 2 is 2.08 bits per heavy atom. The normalized spacial score (nSPS) is 13.9. The smallest absolute Gasteiger partial charge is 0.403 e. The number of carbonyl (C=O) groups is 1. The summed E-state index contributed by atoms with van der Waals surface area (Å²) in [5, 5.41) is 0. The van der Waals surface area contributed by atoms with Crippen molar-refractivity contribution in [3.63, 3.8) is 0 Å². The van der Waals surface area contributed by atoms with E-state index in [1.165, 1.54) is 0 Å². The summed E-state index contributed by atoms with van der Waals surface area (Å²) in [6.07, 6.45) is -5.16. The molecule has 0 aromatic carbocycles. The first-order valence-electron chi connectivity index (χ1n) is 3.85. The number of halogens is 3. The maximum atomic E-state index is 11.8. The van der Waals surface area contributed by atoms with Gasteiger partial charge >= 0.3 is 12.1 Å². The van der Waals surface area contributed by atoms with Crippen molar-refractivity contribution >= 4 is 5.97 Å².